The van der Waals surface area contributed by atoms with Crippen molar-refractivity contribution in [3.63, 3.8) is 0 Å². The Hall–Kier alpha value is -1.52. The Balaban J connectivity index is 1.92. The van der Waals surface area contributed by atoms with Crippen molar-refractivity contribution in [2.24, 2.45) is 11.8 Å². The first-order chi connectivity index (χ1) is 8.56. The predicted octanol–water partition coefficient (Wildman–Crippen LogP) is 0.758. The van der Waals surface area contributed by atoms with Gasteiger partial charge in [-0.1, -0.05) is 6.42 Å². The van der Waals surface area contributed by atoms with Crippen LogP contribution in [0.25, 0.3) is 0 Å². The van der Waals surface area contributed by atoms with Crippen molar-refractivity contribution in [2.75, 3.05) is 0 Å². The molecule has 1 heterocycles. The molecule has 2 amide bonds. The second-order valence-electron chi connectivity index (χ2n) is 5.18. The van der Waals surface area contributed by atoms with E-state index in [1.807, 2.05) is 0 Å². The highest BCUT2D eigenvalue weighted by Crippen LogP contribution is 2.26. The van der Waals surface area contributed by atoms with E-state index in [1.165, 1.54) is 0 Å². The maximum Gasteiger partial charge on any atom is 0.226 e. The SMILES string of the molecule is O=C1CC(CC(=O)[C@H]2CCCCC2=O)CC(=O)N1. The van der Waals surface area contributed by atoms with Crippen molar-refractivity contribution < 1.29 is 19.2 Å². The van der Waals surface area contributed by atoms with Crippen LogP contribution >= 0.6 is 0 Å². The molecule has 0 aromatic rings. The number of rotatable bonds is 3. The van der Waals surface area contributed by atoms with Gasteiger partial charge in [0.15, 0.2) is 0 Å². The molecule has 5 nitrogen and oxygen atoms in total. The summed E-state index contributed by atoms with van der Waals surface area (Å²) in [5, 5.41) is 2.21. The molecule has 1 aliphatic carbocycles. The van der Waals surface area contributed by atoms with Crippen molar-refractivity contribution in [1.82, 2.24) is 5.32 Å². The smallest absolute Gasteiger partial charge is 0.226 e. The van der Waals surface area contributed by atoms with Gasteiger partial charge in [-0.25, -0.2) is 0 Å². The number of nitrogens with one attached hydrogen (secondary N) is 1. The first-order valence-electron chi connectivity index (χ1n) is 6.44. The van der Waals surface area contributed by atoms with Crippen molar-refractivity contribution >= 4 is 23.4 Å². The van der Waals surface area contributed by atoms with E-state index in [-0.39, 0.29) is 48.6 Å². The Labute approximate surface area is 105 Å². The minimum Gasteiger partial charge on any atom is -0.299 e. The van der Waals surface area contributed by atoms with Gasteiger partial charge in [0.05, 0.1) is 5.92 Å². The number of carbonyl (C=O) groups is 4. The van der Waals surface area contributed by atoms with Gasteiger partial charge in [0, 0.05) is 25.7 Å². The number of hydrogen-bond donors (Lipinski definition) is 1. The van der Waals surface area contributed by atoms with E-state index in [9.17, 15) is 19.2 Å². The van der Waals surface area contributed by atoms with Gasteiger partial charge in [-0.15, -0.1) is 0 Å². The Bertz CT molecular complexity index is 386. The number of Topliss-reactive ketones (excluding diaryl/α,β-unsaturated/α-hetero) is 2. The van der Waals surface area contributed by atoms with Crippen LogP contribution in [0.4, 0.5) is 0 Å². The van der Waals surface area contributed by atoms with Crippen LogP contribution in [0.1, 0.15) is 44.9 Å². The van der Waals surface area contributed by atoms with Crippen LogP contribution in [-0.2, 0) is 19.2 Å². The average Bonchev–Trinajstić information content (AvgIpc) is 2.27. The van der Waals surface area contributed by atoms with Crippen LogP contribution in [0, 0.1) is 11.8 Å². The molecule has 2 rings (SSSR count). The van der Waals surface area contributed by atoms with Gasteiger partial charge >= 0.3 is 0 Å². The number of ketones is 2. The summed E-state index contributed by atoms with van der Waals surface area (Å²) in [7, 11) is 0. The minimum atomic E-state index is -0.487. The molecule has 0 aromatic carbocycles. The Morgan fingerprint density at radius 3 is 2.39 bits per heavy atom. The predicted molar refractivity (Wildman–Crippen MR) is 62.5 cm³/mol. The minimum absolute atomic E-state index is 0.0258. The summed E-state index contributed by atoms with van der Waals surface area (Å²) in [6.45, 7) is 0. The lowest BCUT2D eigenvalue weighted by Crippen LogP contribution is -2.40. The molecule has 1 aliphatic heterocycles. The van der Waals surface area contributed by atoms with Gasteiger partial charge in [-0.05, 0) is 18.8 Å². The van der Waals surface area contributed by atoms with Gasteiger partial charge in [-0.2, -0.15) is 0 Å². The molecule has 0 bridgehead atoms. The summed E-state index contributed by atoms with van der Waals surface area (Å²) >= 11 is 0. The standard InChI is InChI=1S/C13H17NO4/c15-10-4-2-1-3-9(10)11(16)5-8-6-12(17)14-13(18)7-8/h8-9H,1-7H2,(H,14,17,18)/t9-/m0/s1. The molecule has 5 heteroatoms. The first kappa shape index (κ1) is 12.9. The summed E-state index contributed by atoms with van der Waals surface area (Å²) in [5.74, 6) is -1.42. The third-order valence-electron chi connectivity index (χ3n) is 3.66. The Kier molecular flexibility index (Phi) is 3.89. The molecular formula is C13H17NO4. The molecule has 0 spiro atoms. The molecule has 1 saturated heterocycles. The number of hydrogen-bond acceptors (Lipinski definition) is 4. The molecule has 1 atom stereocenters. The largest absolute Gasteiger partial charge is 0.299 e. The third kappa shape index (κ3) is 3.03. The summed E-state index contributed by atoms with van der Waals surface area (Å²) in [4.78, 5) is 46.1. The second-order valence-corrected chi connectivity index (χ2v) is 5.18. The fourth-order valence-electron chi connectivity index (χ4n) is 2.75. The van der Waals surface area contributed by atoms with Crippen molar-refractivity contribution in [1.29, 1.82) is 0 Å². The van der Waals surface area contributed by atoms with E-state index in [4.69, 9.17) is 0 Å². The van der Waals surface area contributed by atoms with E-state index in [0.717, 1.165) is 12.8 Å². The second kappa shape index (κ2) is 5.42. The number of piperidine rings is 1. The van der Waals surface area contributed by atoms with E-state index in [2.05, 4.69) is 5.32 Å². The Morgan fingerprint density at radius 1 is 1.11 bits per heavy atom. The molecule has 18 heavy (non-hydrogen) atoms. The van der Waals surface area contributed by atoms with Gasteiger partial charge < -0.3 is 0 Å². The molecule has 98 valence electrons. The van der Waals surface area contributed by atoms with Crippen LogP contribution in [0.3, 0.4) is 0 Å². The number of amides is 2. The van der Waals surface area contributed by atoms with E-state index in [0.29, 0.717) is 12.8 Å². The molecule has 0 unspecified atom stereocenters. The van der Waals surface area contributed by atoms with E-state index >= 15 is 0 Å². The fourth-order valence-corrected chi connectivity index (χ4v) is 2.75. The monoisotopic (exact) mass is 251 g/mol. The topological polar surface area (TPSA) is 80.3 Å². The van der Waals surface area contributed by atoms with Gasteiger partial charge in [-0.3, -0.25) is 24.5 Å². The molecule has 0 radical (unpaired) electrons. The number of imide groups is 1. The highest BCUT2D eigenvalue weighted by atomic mass is 16.2. The molecule has 0 aromatic heterocycles. The maximum absolute atomic E-state index is 12.0. The average molecular weight is 251 g/mol. The summed E-state index contributed by atoms with van der Waals surface area (Å²) in [6, 6.07) is 0. The van der Waals surface area contributed by atoms with Crippen LogP contribution in [0.2, 0.25) is 0 Å². The highest BCUT2D eigenvalue weighted by Gasteiger charge is 2.33. The normalized spacial score (nSPS) is 26.0. The van der Waals surface area contributed by atoms with Gasteiger partial charge in [0.25, 0.3) is 0 Å². The summed E-state index contributed by atoms with van der Waals surface area (Å²) in [6.07, 6.45) is 3.48. The van der Waals surface area contributed by atoms with Crippen molar-refractivity contribution in [2.45, 2.75) is 44.9 Å². The van der Waals surface area contributed by atoms with Crippen molar-refractivity contribution in [3.8, 4) is 0 Å². The van der Waals surface area contributed by atoms with Crippen LogP contribution in [-0.4, -0.2) is 23.4 Å². The summed E-state index contributed by atoms with van der Waals surface area (Å²) < 4.78 is 0. The van der Waals surface area contributed by atoms with Gasteiger partial charge in [0.1, 0.15) is 11.6 Å². The lowest BCUT2D eigenvalue weighted by molar-refractivity contribution is -0.136. The lowest BCUT2D eigenvalue weighted by Gasteiger charge is -2.24. The molecule has 1 N–H and O–H groups in total. The van der Waals surface area contributed by atoms with Crippen LogP contribution < -0.4 is 5.32 Å². The highest BCUT2D eigenvalue weighted by molar-refractivity contribution is 6.03. The van der Waals surface area contributed by atoms with E-state index in [1.54, 1.807) is 0 Å². The zero-order valence-corrected chi connectivity index (χ0v) is 10.2. The summed E-state index contributed by atoms with van der Waals surface area (Å²) in [5.41, 5.74) is 0. The van der Waals surface area contributed by atoms with Crippen LogP contribution in [0.5, 0.6) is 0 Å². The lowest BCUT2D eigenvalue weighted by atomic mass is 9.80. The fraction of sp³-hybridized carbons (Fsp3) is 0.692. The zero-order valence-electron chi connectivity index (χ0n) is 10.2. The first-order valence-corrected chi connectivity index (χ1v) is 6.44. The Morgan fingerprint density at radius 2 is 1.78 bits per heavy atom. The molecule has 1 saturated carbocycles. The zero-order chi connectivity index (χ0) is 13.1. The molecule has 2 fully saturated rings. The van der Waals surface area contributed by atoms with E-state index < -0.39 is 5.92 Å². The maximum atomic E-state index is 12.0. The number of carbonyl (C=O) groups excluding carboxylic acids is 4. The van der Waals surface area contributed by atoms with Crippen LogP contribution in [0.15, 0.2) is 0 Å². The van der Waals surface area contributed by atoms with Gasteiger partial charge in [0.2, 0.25) is 11.8 Å². The quantitative estimate of drug-likeness (QED) is 0.593. The third-order valence-corrected chi connectivity index (χ3v) is 3.66. The van der Waals surface area contributed by atoms with Crippen molar-refractivity contribution in [3.05, 3.63) is 0 Å². The molecule has 2 aliphatic rings. The molecular weight excluding hydrogens is 234 g/mol.